The van der Waals surface area contributed by atoms with Crippen LogP contribution in [0.4, 0.5) is 0 Å². The Morgan fingerprint density at radius 3 is 2.53 bits per heavy atom. The Kier molecular flexibility index (Phi) is 9.58. The zero-order valence-electron chi connectivity index (χ0n) is 18.2. The van der Waals surface area contributed by atoms with Crippen molar-refractivity contribution in [1.82, 2.24) is 10.7 Å². The van der Waals surface area contributed by atoms with E-state index in [2.05, 4.69) is 21.8 Å². The van der Waals surface area contributed by atoms with Gasteiger partial charge in [-0.2, -0.15) is 5.10 Å². The molecule has 0 heterocycles. The van der Waals surface area contributed by atoms with Gasteiger partial charge in [-0.15, -0.1) is 6.42 Å². The summed E-state index contributed by atoms with van der Waals surface area (Å²) in [5, 5.41) is 7.29. The topological polar surface area (TPSA) is 89.0 Å². The molecule has 0 aromatic heterocycles. The number of amides is 2. The Bertz CT molecular complexity index is 997. The van der Waals surface area contributed by atoms with E-state index in [1.807, 2.05) is 13.8 Å². The number of ether oxygens (including phenoxy) is 2. The third-order valence-corrected chi connectivity index (χ3v) is 4.57. The van der Waals surface area contributed by atoms with E-state index in [9.17, 15) is 9.59 Å². The minimum Gasteiger partial charge on any atom is -0.493 e. The van der Waals surface area contributed by atoms with Gasteiger partial charge in [0, 0.05) is 10.6 Å². The van der Waals surface area contributed by atoms with Crippen LogP contribution in [0.2, 0.25) is 5.02 Å². The van der Waals surface area contributed by atoms with Crippen LogP contribution in [0.1, 0.15) is 36.2 Å². The number of carbonyl (C=O) groups excluding carboxylic acids is 2. The van der Waals surface area contributed by atoms with E-state index in [-0.39, 0.29) is 18.4 Å². The van der Waals surface area contributed by atoms with Crippen LogP contribution in [0.5, 0.6) is 11.5 Å². The molecular formula is C24H26ClN3O4. The van der Waals surface area contributed by atoms with Gasteiger partial charge >= 0.3 is 0 Å². The fourth-order valence-electron chi connectivity index (χ4n) is 2.80. The maximum atomic E-state index is 12.7. The molecular weight excluding hydrogens is 430 g/mol. The van der Waals surface area contributed by atoms with E-state index < -0.39 is 11.9 Å². The van der Waals surface area contributed by atoms with Gasteiger partial charge in [0.05, 0.1) is 13.3 Å². The molecule has 0 bridgehead atoms. The molecule has 7 nitrogen and oxygen atoms in total. The average molecular weight is 456 g/mol. The summed E-state index contributed by atoms with van der Waals surface area (Å²) in [5.41, 5.74) is 3.58. The van der Waals surface area contributed by atoms with Crippen molar-refractivity contribution >= 4 is 29.6 Å². The molecule has 8 heteroatoms. The highest BCUT2D eigenvalue weighted by molar-refractivity contribution is 6.30. The van der Waals surface area contributed by atoms with Crippen LogP contribution in [-0.2, 0) is 4.79 Å². The first-order valence-electron chi connectivity index (χ1n) is 9.97. The molecule has 0 spiro atoms. The molecule has 2 N–H and O–H groups in total. The summed E-state index contributed by atoms with van der Waals surface area (Å²) < 4.78 is 10.7. The second-order valence-corrected chi connectivity index (χ2v) is 7.74. The summed E-state index contributed by atoms with van der Waals surface area (Å²) >= 11 is 5.86. The SMILES string of the molecule is C#CCOc1ccc(/C=N/NC(=O)C(CC(C)C)NC(=O)c2ccc(Cl)cc2)cc1OC. The minimum atomic E-state index is -0.746. The van der Waals surface area contributed by atoms with Gasteiger partial charge in [0.2, 0.25) is 0 Å². The van der Waals surface area contributed by atoms with Crippen molar-refractivity contribution in [3.05, 3.63) is 58.6 Å². The van der Waals surface area contributed by atoms with Gasteiger partial charge in [0.15, 0.2) is 11.5 Å². The summed E-state index contributed by atoms with van der Waals surface area (Å²) in [5.74, 6) is 2.79. The fourth-order valence-corrected chi connectivity index (χ4v) is 2.92. The van der Waals surface area contributed by atoms with Crippen molar-refractivity contribution in [2.45, 2.75) is 26.3 Å². The maximum Gasteiger partial charge on any atom is 0.262 e. The molecule has 168 valence electrons. The van der Waals surface area contributed by atoms with Crippen LogP contribution in [0, 0.1) is 18.3 Å². The number of hydrazone groups is 1. The zero-order valence-corrected chi connectivity index (χ0v) is 19.0. The van der Waals surface area contributed by atoms with Gasteiger partial charge in [-0.3, -0.25) is 9.59 Å². The first kappa shape index (κ1) is 24.8. The molecule has 0 aliphatic heterocycles. The highest BCUT2D eigenvalue weighted by Crippen LogP contribution is 2.27. The molecule has 0 saturated carbocycles. The molecule has 0 aliphatic carbocycles. The van der Waals surface area contributed by atoms with E-state index in [4.69, 9.17) is 27.5 Å². The number of hydrogen-bond donors (Lipinski definition) is 2. The molecule has 1 unspecified atom stereocenters. The Hall–Kier alpha value is -3.50. The summed E-state index contributed by atoms with van der Waals surface area (Å²) in [6.45, 7) is 4.06. The van der Waals surface area contributed by atoms with Gasteiger partial charge < -0.3 is 14.8 Å². The van der Waals surface area contributed by atoms with Gasteiger partial charge in [0.1, 0.15) is 12.6 Å². The van der Waals surface area contributed by atoms with Crippen LogP contribution < -0.4 is 20.2 Å². The van der Waals surface area contributed by atoms with Crippen molar-refractivity contribution in [2.75, 3.05) is 13.7 Å². The molecule has 2 aromatic rings. The minimum absolute atomic E-state index is 0.124. The number of nitrogens with one attached hydrogen (secondary N) is 2. The van der Waals surface area contributed by atoms with Crippen molar-refractivity contribution in [3.8, 4) is 23.8 Å². The monoisotopic (exact) mass is 455 g/mol. The maximum absolute atomic E-state index is 12.7. The lowest BCUT2D eigenvalue weighted by Crippen LogP contribution is -2.46. The highest BCUT2D eigenvalue weighted by Gasteiger charge is 2.22. The normalized spacial score (nSPS) is 11.6. The summed E-state index contributed by atoms with van der Waals surface area (Å²) in [7, 11) is 1.51. The molecule has 0 saturated heterocycles. The lowest BCUT2D eigenvalue weighted by atomic mass is 10.0. The summed E-state index contributed by atoms with van der Waals surface area (Å²) in [6, 6.07) is 10.9. The number of carbonyl (C=O) groups is 2. The molecule has 0 radical (unpaired) electrons. The second-order valence-electron chi connectivity index (χ2n) is 7.30. The summed E-state index contributed by atoms with van der Waals surface area (Å²) in [6.07, 6.45) is 7.13. The predicted molar refractivity (Wildman–Crippen MR) is 125 cm³/mol. The lowest BCUT2D eigenvalue weighted by molar-refractivity contribution is -0.123. The van der Waals surface area contributed by atoms with E-state index in [0.29, 0.717) is 34.1 Å². The Labute approximate surface area is 193 Å². The van der Waals surface area contributed by atoms with Gasteiger partial charge in [-0.1, -0.05) is 31.4 Å². The van der Waals surface area contributed by atoms with Crippen LogP contribution in [0.3, 0.4) is 0 Å². The molecule has 0 fully saturated rings. The largest absolute Gasteiger partial charge is 0.493 e. The van der Waals surface area contributed by atoms with Crippen LogP contribution in [-0.4, -0.2) is 37.8 Å². The fraction of sp³-hybridized carbons (Fsp3) is 0.292. The molecule has 2 amide bonds. The molecule has 1 atom stereocenters. The third kappa shape index (κ3) is 7.64. The van der Waals surface area contributed by atoms with Crippen LogP contribution in [0.25, 0.3) is 0 Å². The number of methoxy groups -OCH3 is 1. The number of nitrogens with zero attached hydrogens (tertiary/aromatic N) is 1. The average Bonchev–Trinajstić information content (AvgIpc) is 2.77. The van der Waals surface area contributed by atoms with Crippen molar-refractivity contribution in [2.24, 2.45) is 11.0 Å². The number of terminal acetylenes is 1. The first-order chi connectivity index (χ1) is 15.3. The van der Waals surface area contributed by atoms with Crippen molar-refractivity contribution in [1.29, 1.82) is 0 Å². The van der Waals surface area contributed by atoms with Crippen LogP contribution >= 0.6 is 11.6 Å². The number of halogens is 1. The van der Waals surface area contributed by atoms with Crippen molar-refractivity contribution in [3.63, 3.8) is 0 Å². The van der Waals surface area contributed by atoms with E-state index in [1.54, 1.807) is 42.5 Å². The molecule has 2 aromatic carbocycles. The van der Waals surface area contributed by atoms with E-state index in [1.165, 1.54) is 13.3 Å². The highest BCUT2D eigenvalue weighted by atomic mass is 35.5. The summed E-state index contributed by atoms with van der Waals surface area (Å²) in [4.78, 5) is 25.2. The number of benzene rings is 2. The lowest BCUT2D eigenvalue weighted by Gasteiger charge is -2.19. The van der Waals surface area contributed by atoms with Crippen LogP contribution in [0.15, 0.2) is 47.6 Å². The smallest absolute Gasteiger partial charge is 0.262 e. The molecule has 32 heavy (non-hydrogen) atoms. The molecule has 0 aliphatic rings. The number of hydrogen-bond acceptors (Lipinski definition) is 5. The van der Waals surface area contributed by atoms with Gasteiger partial charge in [-0.05, 0) is 60.4 Å². The zero-order chi connectivity index (χ0) is 23.5. The predicted octanol–water partition coefficient (Wildman–Crippen LogP) is 3.66. The van der Waals surface area contributed by atoms with Gasteiger partial charge in [-0.25, -0.2) is 5.43 Å². The van der Waals surface area contributed by atoms with E-state index in [0.717, 1.165) is 0 Å². The Morgan fingerprint density at radius 1 is 1.19 bits per heavy atom. The van der Waals surface area contributed by atoms with Crippen molar-refractivity contribution < 1.29 is 19.1 Å². The second kappa shape index (κ2) is 12.4. The third-order valence-electron chi connectivity index (χ3n) is 4.32. The quantitative estimate of drug-likeness (QED) is 0.325. The molecule has 2 rings (SSSR count). The van der Waals surface area contributed by atoms with Gasteiger partial charge in [0.25, 0.3) is 11.8 Å². The Balaban J connectivity index is 2.04. The first-order valence-corrected chi connectivity index (χ1v) is 10.4. The van der Waals surface area contributed by atoms with E-state index >= 15 is 0 Å². The standard InChI is InChI=1S/C24H26ClN3O4/c1-5-12-32-21-11-6-17(14-22(21)31-4)15-26-28-24(30)20(13-16(2)3)27-23(29)18-7-9-19(25)10-8-18/h1,6-11,14-16,20H,12-13H2,2-4H3,(H,27,29)(H,28,30)/b26-15+. The Morgan fingerprint density at radius 2 is 1.91 bits per heavy atom. The number of rotatable bonds is 10.